The topological polar surface area (TPSA) is 119 Å². The van der Waals surface area contributed by atoms with Gasteiger partial charge in [-0.25, -0.2) is 8.42 Å². The predicted octanol–water partition coefficient (Wildman–Crippen LogP) is 5.84. The Morgan fingerprint density at radius 2 is 1.53 bits per heavy atom. The highest BCUT2D eigenvalue weighted by Gasteiger charge is 2.27. The van der Waals surface area contributed by atoms with Crippen molar-refractivity contribution < 1.29 is 22.9 Å². The molecule has 1 amide bonds. The number of nitro groups is 1. The molecule has 0 aliphatic heterocycles. The molecule has 0 radical (unpaired) electrons. The number of benzene rings is 4. The summed E-state index contributed by atoms with van der Waals surface area (Å²) in [7, 11) is -4.14. The van der Waals surface area contributed by atoms with Crippen LogP contribution in [0.5, 0.6) is 11.5 Å². The fourth-order valence-electron chi connectivity index (χ4n) is 3.64. The number of rotatable bonds is 9. The van der Waals surface area contributed by atoms with Crippen molar-refractivity contribution in [1.29, 1.82) is 0 Å². The van der Waals surface area contributed by atoms with Gasteiger partial charge in [0.25, 0.3) is 15.7 Å². The number of nitrogens with zero attached hydrogens (tertiary/aromatic N) is 2. The number of sulfonamides is 1. The number of amides is 1. The summed E-state index contributed by atoms with van der Waals surface area (Å²) < 4.78 is 34.1. The number of hydrogen-bond acceptors (Lipinski definition) is 6. The van der Waals surface area contributed by atoms with Gasteiger partial charge in [0, 0.05) is 12.1 Å². The van der Waals surface area contributed by atoms with Crippen molar-refractivity contribution in [3.05, 3.63) is 118 Å². The van der Waals surface area contributed by atoms with Crippen molar-refractivity contribution >= 4 is 33.0 Å². The van der Waals surface area contributed by atoms with Crippen LogP contribution in [0, 0.1) is 24.0 Å². The van der Waals surface area contributed by atoms with Gasteiger partial charge in [0.05, 0.1) is 21.2 Å². The molecule has 10 heteroatoms. The Morgan fingerprint density at radius 1 is 0.895 bits per heavy atom. The van der Waals surface area contributed by atoms with Crippen LogP contribution in [0.25, 0.3) is 0 Å². The summed E-state index contributed by atoms with van der Waals surface area (Å²) in [4.78, 5) is 23.7. The first-order valence-corrected chi connectivity index (χ1v) is 13.0. The van der Waals surface area contributed by atoms with Crippen LogP contribution in [0.3, 0.4) is 0 Å². The van der Waals surface area contributed by atoms with Crippen molar-refractivity contribution in [2.75, 3.05) is 16.2 Å². The summed E-state index contributed by atoms with van der Waals surface area (Å²) in [5.74, 6) is 0.453. The number of carbonyl (C=O) groups excluding carboxylic acids is 1. The summed E-state index contributed by atoms with van der Waals surface area (Å²) in [6.45, 7) is 2.97. The molecule has 0 unspecified atom stereocenters. The van der Waals surface area contributed by atoms with E-state index in [9.17, 15) is 23.3 Å². The van der Waals surface area contributed by atoms with E-state index in [0.717, 1.165) is 9.87 Å². The lowest BCUT2D eigenvalue weighted by atomic mass is 10.2. The fourth-order valence-corrected chi connectivity index (χ4v) is 5.06. The zero-order valence-corrected chi connectivity index (χ0v) is 21.5. The van der Waals surface area contributed by atoms with E-state index in [4.69, 9.17) is 4.74 Å². The zero-order chi connectivity index (χ0) is 27.3. The smallest absolute Gasteiger partial charge is 0.271 e. The lowest BCUT2D eigenvalue weighted by Gasteiger charge is -2.24. The van der Waals surface area contributed by atoms with Gasteiger partial charge in [-0.3, -0.25) is 19.2 Å². The number of nitro benzene ring substituents is 1. The molecule has 0 spiro atoms. The molecule has 0 saturated carbocycles. The highest BCUT2D eigenvalue weighted by molar-refractivity contribution is 7.92. The Morgan fingerprint density at radius 3 is 2.16 bits per heavy atom. The average Bonchev–Trinajstić information content (AvgIpc) is 2.90. The Bertz CT molecular complexity index is 1550. The van der Waals surface area contributed by atoms with Crippen LogP contribution in [0.4, 0.5) is 17.1 Å². The second-order valence-electron chi connectivity index (χ2n) is 8.54. The molecule has 0 atom stereocenters. The minimum atomic E-state index is -4.14. The van der Waals surface area contributed by atoms with Gasteiger partial charge in [-0.05, 0) is 67.9 Å². The number of nitrogens with one attached hydrogen (secondary N) is 1. The van der Waals surface area contributed by atoms with Gasteiger partial charge in [-0.2, -0.15) is 0 Å². The predicted molar refractivity (Wildman–Crippen MR) is 145 cm³/mol. The van der Waals surface area contributed by atoms with Crippen LogP contribution < -0.4 is 14.4 Å². The van der Waals surface area contributed by atoms with E-state index in [1.54, 1.807) is 55.5 Å². The van der Waals surface area contributed by atoms with Gasteiger partial charge in [0.15, 0.2) is 0 Å². The summed E-state index contributed by atoms with van der Waals surface area (Å²) in [5.41, 5.74) is 1.76. The molecule has 0 aromatic heterocycles. The first-order valence-electron chi connectivity index (χ1n) is 11.6. The molecule has 194 valence electrons. The average molecular weight is 532 g/mol. The molecule has 0 aliphatic carbocycles. The molecular formula is C28H25N3O6S. The third-order valence-corrected chi connectivity index (χ3v) is 7.49. The molecule has 0 saturated heterocycles. The van der Waals surface area contributed by atoms with Gasteiger partial charge < -0.3 is 10.1 Å². The maximum absolute atomic E-state index is 13.6. The van der Waals surface area contributed by atoms with Crippen molar-refractivity contribution in [2.24, 2.45) is 0 Å². The highest BCUT2D eigenvalue weighted by Crippen LogP contribution is 2.29. The van der Waals surface area contributed by atoms with Crippen molar-refractivity contribution in [3.63, 3.8) is 0 Å². The van der Waals surface area contributed by atoms with E-state index >= 15 is 0 Å². The van der Waals surface area contributed by atoms with Gasteiger partial charge in [0.1, 0.15) is 18.0 Å². The first-order chi connectivity index (χ1) is 18.1. The van der Waals surface area contributed by atoms with E-state index in [1.165, 1.54) is 30.3 Å². The van der Waals surface area contributed by atoms with Crippen molar-refractivity contribution in [2.45, 2.75) is 18.7 Å². The summed E-state index contributed by atoms with van der Waals surface area (Å²) in [6.07, 6.45) is 0. The molecule has 1 N–H and O–H groups in total. The van der Waals surface area contributed by atoms with Crippen LogP contribution in [0.2, 0.25) is 0 Å². The second-order valence-corrected chi connectivity index (χ2v) is 10.4. The summed E-state index contributed by atoms with van der Waals surface area (Å²) >= 11 is 0. The Balaban J connectivity index is 1.64. The largest absolute Gasteiger partial charge is 0.457 e. The molecule has 38 heavy (non-hydrogen) atoms. The van der Waals surface area contributed by atoms with Crippen LogP contribution in [-0.2, 0) is 14.8 Å². The molecule has 4 aromatic carbocycles. The molecule has 0 fully saturated rings. The lowest BCUT2D eigenvalue weighted by Crippen LogP contribution is -2.38. The minimum Gasteiger partial charge on any atom is -0.457 e. The summed E-state index contributed by atoms with van der Waals surface area (Å²) in [5, 5.41) is 13.8. The quantitative estimate of drug-likeness (QED) is 0.214. The van der Waals surface area contributed by atoms with Crippen molar-refractivity contribution in [1.82, 2.24) is 0 Å². The van der Waals surface area contributed by atoms with E-state index in [1.807, 2.05) is 25.1 Å². The molecule has 4 aromatic rings. The number of para-hydroxylation sites is 1. The van der Waals surface area contributed by atoms with Crippen molar-refractivity contribution in [3.8, 4) is 11.5 Å². The number of non-ortho nitro benzene ring substituents is 1. The number of ether oxygens (including phenoxy) is 1. The highest BCUT2D eigenvalue weighted by atomic mass is 32.2. The van der Waals surface area contributed by atoms with Crippen LogP contribution in [0.15, 0.2) is 102 Å². The number of anilines is 2. The van der Waals surface area contributed by atoms with Gasteiger partial charge in [-0.15, -0.1) is 0 Å². The van der Waals surface area contributed by atoms with Gasteiger partial charge >= 0.3 is 0 Å². The normalized spacial score (nSPS) is 11.0. The standard InChI is InChI=1S/C28H25N3O6S/c1-20-8-16-26(17-9-20)38(35,36)30(19-28(32)29-27-18-23(31(33)34)11-10-21(27)2)22-12-14-25(15-13-22)37-24-6-4-3-5-7-24/h3-18H,19H2,1-2H3,(H,29,32). The maximum Gasteiger partial charge on any atom is 0.271 e. The summed E-state index contributed by atoms with van der Waals surface area (Å²) in [6, 6.07) is 25.8. The number of carbonyl (C=O) groups is 1. The van der Waals surface area contributed by atoms with Crippen LogP contribution in [0.1, 0.15) is 11.1 Å². The third-order valence-electron chi connectivity index (χ3n) is 5.71. The molecule has 0 bridgehead atoms. The van der Waals surface area contributed by atoms with E-state index in [0.29, 0.717) is 17.1 Å². The monoisotopic (exact) mass is 531 g/mol. The number of hydrogen-bond donors (Lipinski definition) is 1. The van der Waals surface area contributed by atoms with Gasteiger partial charge in [-0.1, -0.05) is 42.0 Å². The molecule has 0 aliphatic rings. The SMILES string of the molecule is Cc1ccc(S(=O)(=O)N(CC(=O)Nc2cc([N+](=O)[O-])ccc2C)c2ccc(Oc3ccccc3)cc2)cc1. The fraction of sp³-hybridized carbons (Fsp3) is 0.107. The Kier molecular flexibility index (Phi) is 7.73. The molecule has 4 rings (SSSR count). The first kappa shape index (κ1) is 26.4. The molecular weight excluding hydrogens is 506 g/mol. The second kappa shape index (κ2) is 11.1. The molecule has 9 nitrogen and oxygen atoms in total. The van der Waals surface area contributed by atoms with Gasteiger partial charge in [0.2, 0.25) is 5.91 Å². The van der Waals surface area contributed by atoms with E-state index in [2.05, 4.69) is 5.32 Å². The Hall–Kier alpha value is -4.70. The third kappa shape index (κ3) is 6.16. The van der Waals surface area contributed by atoms with Crippen LogP contribution >= 0.6 is 0 Å². The minimum absolute atomic E-state index is 0.0204. The van der Waals surface area contributed by atoms with E-state index in [-0.39, 0.29) is 22.0 Å². The van der Waals surface area contributed by atoms with E-state index < -0.39 is 27.4 Å². The van der Waals surface area contributed by atoms with Crippen LogP contribution in [-0.4, -0.2) is 25.8 Å². The lowest BCUT2D eigenvalue weighted by molar-refractivity contribution is -0.384. The number of aryl methyl sites for hydroxylation is 2. The maximum atomic E-state index is 13.6. The zero-order valence-electron chi connectivity index (χ0n) is 20.7. The molecule has 0 heterocycles. The Labute approximate surface area is 220 Å².